The number of fused-ring (bicyclic) bond motifs is 2. The summed E-state index contributed by atoms with van der Waals surface area (Å²) >= 11 is -4.72. The number of allylic oxidation sites excluding steroid dienone is 2. The zero-order valence-electron chi connectivity index (χ0n) is 28.0. The van der Waals surface area contributed by atoms with E-state index in [1.165, 1.54) is 15.4 Å². The van der Waals surface area contributed by atoms with Crippen LogP contribution in [0, 0.1) is 0 Å². The molecule has 0 spiro atoms. The van der Waals surface area contributed by atoms with Gasteiger partial charge in [-0.1, -0.05) is 0 Å². The summed E-state index contributed by atoms with van der Waals surface area (Å²) in [6, 6.07) is 12.9. The molecule has 7 rings (SSSR count). The van der Waals surface area contributed by atoms with Crippen LogP contribution in [0.2, 0.25) is 9.36 Å². The second-order valence-electron chi connectivity index (χ2n) is 14.9. The number of halogens is 12. The number of hydrogen-bond donors (Lipinski definition) is 0. The predicted molar refractivity (Wildman–Crippen MR) is 178 cm³/mol. The summed E-state index contributed by atoms with van der Waals surface area (Å²) in [6.45, 7) is 0. The third-order valence-corrected chi connectivity index (χ3v) is 38.8. The fraction of sp³-hybridized carbons (Fsp3) is 0.275. The van der Waals surface area contributed by atoms with Crippen LogP contribution in [0.15, 0.2) is 84.9 Å². The number of hydrogen-bond acceptors (Lipinski definition) is 0. The van der Waals surface area contributed by atoms with E-state index in [0.29, 0.717) is 35.4 Å². The Hall–Kier alpha value is -3.74. The molecule has 0 heterocycles. The van der Waals surface area contributed by atoms with E-state index in [4.69, 9.17) is 0 Å². The van der Waals surface area contributed by atoms with Crippen LogP contribution in [0.5, 0.6) is 0 Å². The van der Waals surface area contributed by atoms with Gasteiger partial charge in [0, 0.05) is 0 Å². The van der Waals surface area contributed by atoms with Crippen LogP contribution in [-0.4, -0.2) is 3.26 Å². The molecule has 0 nitrogen and oxygen atoms in total. The van der Waals surface area contributed by atoms with Gasteiger partial charge in [-0.15, -0.1) is 0 Å². The maximum absolute atomic E-state index is 13.8. The van der Waals surface area contributed by atoms with Gasteiger partial charge in [0.15, 0.2) is 0 Å². The summed E-state index contributed by atoms with van der Waals surface area (Å²) in [7, 11) is 0. The van der Waals surface area contributed by atoms with Crippen LogP contribution in [0.25, 0.3) is 34.4 Å². The molecular formula is C40H30F12Hf. The minimum absolute atomic E-state index is 0.0923. The fourth-order valence-corrected chi connectivity index (χ4v) is 33.8. The van der Waals surface area contributed by atoms with Gasteiger partial charge in [-0.25, -0.2) is 0 Å². The van der Waals surface area contributed by atoms with Gasteiger partial charge in [-0.05, 0) is 0 Å². The summed E-state index contributed by atoms with van der Waals surface area (Å²) in [6.07, 6.45) is -10.1. The Bertz CT molecular complexity index is 2070. The van der Waals surface area contributed by atoms with Crippen LogP contribution in [0.1, 0.15) is 71.1 Å². The quantitative estimate of drug-likeness (QED) is 0.141. The van der Waals surface area contributed by atoms with Crippen molar-refractivity contribution < 1.29 is 70.7 Å². The van der Waals surface area contributed by atoms with Crippen molar-refractivity contribution in [2.24, 2.45) is 0 Å². The molecule has 0 saturated heterocycles. The van der Waals surface area contributed by atoms with Gasteiger partial charge in [0.25, 0.3) is 0 Å². The van der Waals surface area contributed by atoms with E-state index in [0.717, 1.165) is 30.4 Å². The molecule has 0 N–H and O–H groups in total. The predicted octanol–water partition coefficient (Wildman–Crippen LogP) is 14.1. The van der Waals surface area contributed by atoms with Crippen LogP contribution in [0.4, 0.5) is 52.7 Å². The molecule has 4 aromatic rings. The average molecular weight is 917 g/mol. The van der Waals surface area contributed by atoms with E-state index in [1.54, 1.807) is 24.3 Å². The molecule has 13 heteroatoms. The molecule has 1 fully saturated rings. The van der Waals surface area contributed by atoms with Gasteiger partial charge >= 0.3 is 298 Å². The number of benzene rings is 4. The van der Waals surface area contributed by atoms with Crippen molar-refractivity contribution >= 4 is 15.4 Å². The van der Waals surface area contributed by atoms with E-state index in [9.17, 15) is 52.7 Å². The molecule has 2 atom stereocenters. The molecule has 0 amide bonds. The van der Waals surface area contributed by atoms with Crippen molar-refractivity contribution in [3.05, 3.63) is 129 Å². The van der Waals surface area contributed by atoms with E-state index in [1.807, 2.05) is 24.3 Å². The first-order valence-electron chi connectivity index (χ1n) is 16.7. The Balaban J connectivity index is 1.38. The Morgan fingerprint density at radius 1 is 0.491 bits per heavy atom. The molecule has 3 aliphatic rings. The average Bonchev–Trinajstić information content (AvgIpc) is 3.68. The van der Waals surface area contributed by atoms with Crippen LogP contribution in [-0.2, 0) is 42.7 Å². The summed E-state index contributed by atoms with van der Waals surface area (Å²) in [5.74, 6) is 0. The van der Waals surface area contributed by atoms with Crippen molar-refractivity contribution in [3.63, 3.8) is 0 Å². The Kier molecular flexibility index (Phi) is 8.60. The maximum atomic E-state index is 13.8. The summed E-state index contributed by atoms with van der Waals surface area (Å²) in [4.78, 5) is 0. The van der Waals surface area contributed by atoms with Crippen LogP contribution in [0.3, 0.4) is 0 Å². The molecule has 3 aliphatic carbocycles. The summed E-state index contributed by atoms with van der Waals surface area (Å²) in [5, 5.41) is 0. The first kappa shape index (κ1) is 37.6. The van der Waals surface area contributed by atoms with E-state index < -0.39 is 65.0 Å². The van der Waals surface area contributed by atoms with Crippen molar-refractivity contribution in [2.45, 2.75) is 60.7 Å². The van der Waals surface area contributed by atoms with E-state index in [-0.39, 0.29) is 41.7 Å². The van der Waals surface area contributed by atoms with Crippen molar-refractivity contribution in [2.75, 3.05) is 0 Å². The topological polar surface area (TPSA) is 0 Å². The van der Waals surface area contributed by atoms with E-state index >= 15 is 0 Å². The SMILES string of the molecule is [CH3][Hf]([CH3])(=[C]1CCC1)([CH]1C=Cc2c(-c3cc(C(F)(F)F)cc(C(F)(F)F)c3)cccc21)[CH]1C=Cc2c(-c3cc(C(F)(F)F)cc(C(F)(F)F)c3)cccc21. The van der Waals surface area contributed by atoms with Gasteiger partial charge in [-0.3, -0.25) is 0 Å². The van der Waals surface area contributed by atoms with Gasteiger partial charge in [-0.2, -0.15) is 0 Å². The van der Waals surface area contributed by atoms with Crippen LogP contribution < -0.4 is 0 Å². The summed E-state index contributed by atoms with van der Waals surface area (Å²) < 4.78 is 171. The van der Waals surface area contributed by atoms with Gasteiger partial charge in [0.2, 0.25) is 0 Å². The Morgan fingerprint density at radius 2 is 0.830 bits per heavy atom. The molecule has 0 bridgehead atoms. The third kappa shape index (κ3) is 6.28. The summed E-state index contributed by atoms with van der Waals surface area (Å²) in [5.41, 5.74) is -3.19. The monoisotopic (exact) mass is 918 g/mol. The van der Waals surface area contributed by atoms with Gasteiger partial charge in [0.05, 0.1) is 0 Å². The van der Waals surface area contributed by atoms with Crippen molar-refractivity contribution in [3.8, 4) is 22.3 Å². The van der Waals surface area contributed by atoms with Crippen LogP contribution >= 0.6 is 0 Å². The standard InChI is InChI=1S/2C17H9F6.C4H6.2CH3.Hf/c2*18-16(19,20)12-7-11(8-13(9-12)17(21,22)23)15-6-2-4-10-3-1-5-14(10)15;1-2-4-3-1;;;/h2*1-9H;1-3H2;2*1H3;. The minimum atomic E-state index is -5.03. The van der Waals surface area contributed by atoms with Crippen molar-refractivity contribution in [1.82, 2.24) is 0 Å². The second kappa shape index (κ2) is 12.1. The number of alkyl halides is 12. The Labute approximate surface area is 297 Å². The molecule has 1 saturated carbocycles. The number of rotatable bonds is 4. The normalized spacial score (nSPS) is 19.0. The first-order valence-corrected chi connectivity index (χ1v) is 29.9. The Morgan fingerprint density at radius 3 is 1.11 bits per heavy atom. The van der Waals surface area contributed by atoms with E-state index in [2.05, 4.69) is 9.36 Å². The first-order chi connectivity index (χ1) is 24.5. The molecule has 0 radical (unpaired) electrons. The zero-order chi connectivity index (χ0) is 38.5. The fourth-order valence-electron chi connectivity index (χ4n) is 8.72. The van der Waals surface area contributed by atoms with Crippen molar-refractivity contribution in [1.29, 1.82) is 0 Å². The third-order valence-electron chi connectivity index (χ3n) is 11.6. The molecular weight excluding hydrogens is 887 g/mol. The molecule has 2 unspecified atom stereocenters. The zero-order valence-corrected chi connectivity index (χ0v) is 31.6. The van der Waals surface area contributed by atoms with Gasteiger partial charge < -0.3 is 0 Å². The molecule has 4 aromatic carbocycles. The molecule has 0 aromatic heterocycles. The van der Waals surface area contributed by atoms with Gasteiger partial charge in [0.1, 0.15) is 0 Å². The molecule has 53 heavy (non-hydrogen) atoms. The molecule has 278 valence electrons. The molecule has 0 aliphatic heterocycles. The second-order valence-corrected chi connectivity index (χ2v) is 40.7.